The summed E-state index contributed by atoms with van der Waals surface area (Å²) in [6.07, 6.45) is 1.72. The molecule has 0 atom stereocenters. The predicted molar refractivity (Wildman–Crippen MR) is 92.5 cm³/mol. The molecule has 1 aromatic rings. The molecular formula is C14H17Cl3N2O3S. The van der Waals surface area contributed by atoms with Crippen LogP contribution in [0.25, 0.3) is 0 Å². The molecule has 1 fully saturated rings. The van der Waals surface area contributed by atoms with E-state index in [0.29, 0.717) is 24.7 Å². The van der Waals surface area contributed by atoms with Crippen molar-refractivity contribution < 1.29 is 13.2 Å². The van der Waals surface area contributed by atoms with Gasteiger partial charge in [-0.1, -0.05) is 41.7 Å². The van der Waals surface area contributed by atoms with Crippen molar-refractivity contribution in [3.63, 3.8) is 0 Å². The molecule has 1 saturated heterocycles. The van der Waals surface area contributed by atoms with Crippen LogP contribution in [0.15, 0.2) is 29.2 Å². The maximum atomic E-state index is 12.6. The zero-order valence-corrected chi connectivity index (χ0v) is 15.5. The molecule has 2 rings (SSSR count). The van der Waals surface area contributed by atoms with Crippen LogP contribution in [0.4, 0.5) is 5.69 Å². The van der Waals surface area contributed by atoms with Crippen LogP contribution in [0.1, 0.15) is 19.8 Å². The molecule has 9 heteroatoms. The molecule has 0 spiro atoms. The molecule has 0 bridgehead atoms. The third-order valence-corrected chi connectivity index (χ3v) is 6.18. The number of hydrogen-bond donors (Lipinski definition) is 1. The van der Waals surface area contributed by atoms with Crippen molar-refractivity contribution >= 4 is 56.4 Å². The van der Waals surface area contributed by atoms with Crippen LogP contribution in [-0.4, -0.2) is 35.5 Å². The number of sulfonamides is 1. The number of nitrogens with one attached hydrogen (secondary N) is 1. The van der Waals surface area contributed by atoms with E-state index in [1.165, 1.54) is 28.6 Å². The highest BCUT2D eigenvalue weighted by Crippen LogP contribution is 2.28. The number of piperidine rings is 1. The van der Waals surface area contributed by atoms with Crippen LogP contribution in [0.5, 0.6) is 0 Å². The second kappa shape index (κ2) is 7.15. The molecule has 128 valence electrons. The first-order valence-electron chi connectivity index (χ1n) is 7.09. The minimum atomic E-state index is -3.52. The maximum absolute atomic E-state index is 12.6. The monoisotopic (exact) mass is 398 g/mol. The average Bonchev–Trinajstić information content (AvgIpc) is 2.47. The number of carbonyl (C=O) groups is 1. The van der Waals surface area contributed by atoms with Crippen molar-refractivity contribution in [3.05, 3.63) is 24.3 Å². The van der Waals surface area contributed by atoms with Crippen molar-refractivity contribution in [2.24, 2.45) is 5.92 Å². The number of halogens is 3. The lowest BCUT2D eigenvalue weighted by Crippen LogP contribution is -2.37. The predicted octanol–water partition coefficient (Wildman–Crippen LogP) is 3.42. The summed E-state index contributed by atoms with van der Waals surface area (Å²) >= 11 is 16.4. The van der Waals surface area contributed by atoms with Crippen molar-refractivity contribution in [2.45, 2.75) is 28.5 Å². The van der Waals surface area contributed by atoms with E-state index in [1.807, 2.05) is 0 Å². The molecule has 23 heavy (non-hydrogen) atoms. The molecule has 0 aliphatic carbocycles. The van der Waals surface area contributed by atoms with Gasteiger partial charge in [-0.05, 0) is 43.0 Å². The Morgan fingerprint density at radius 3 is 2.17 bits per heavy atom. The van der Waals surface area contributed by atoms with E-state index in [2.05, 4.69) is 12.2 Å². The number of benzene rings is 1. The van der Waals surface area contributed by atoms with Gasteiger partial charge in [0, 0.05) is 18.8 Å². The Labute approximate surface area is 150 Å². The fourth-order valence-corrected chi connectivity index (χ4v) is 3.90. The highest BCUT2D eigenvalue weighted by molar-refractivity contribution is 7.89. The number of hydrogen-bond acceptors (Lipinski definition) is 3. The molecule has 0 unspecified atom stereocenters. The fourth-order valence-electron chi connectivity index (χ4n) is 2.29. The summed E-state index contributed by atoms with van der Waals surface area (Å²) in [6.45, 7) is 3.16. The van der Waals surface area contributed by atoms with E-state index in [9.17, 15) is 13.2 Å². The lowest BCUT2D eigenvalue weighted by Gasteiger charge is -2.29. The summed E-state index contributed by atoms with van der Waals surface area (Å²) in [5, 5.41) is 2.40. The number of nitrogens with zero attached hydrogens (tertiary/aromatic N) is 1. The van der Waals surface area contributed by atoms with Crippen LogP contribution in [-0.2, 0) is 14.8 Å². The fraction of sp³-hybridized carbons (Fsp3) is 0.500. The van der Waals surface area contributed by atoms with E-state index < -0.39 is 19.7 Å². The summed E-state index contributed by atoms with van der Waals surface area (Å²) in [5.41, 5.74) is 0.354. The highest BCUT2D eigenvalue weighted by Gasteiger charge is 2.31. The van der Waals surface area contributed by atoms with Gasteiger partial charge in [0.25, 0.3) is 9.70 Å². The lowest BCUT2D eigenvalue weighted by molar-refractivity contribution is -0.115. The van der Waals surface area contributed by atoms with Gasteiger partial charge < -0.3 is 5.32 Å². The molecule has 0 saturated carbocycles. The molecule has 1 aromatic carbocycles. The van der Waals surface area contributed by atoms with E-state index in [-0.39, 0.29) is 4.90 Å². The van der Waals surface area contributed by atoms with Gasteiger partial charge >= 0.3 is 0 Å². The Balaban J connectivity index is 2.11. The lowest BCUT2D eigenvalue weighted by atomic mass is 10.0. The quantitative estimate of drug-likeness (QED) is 0.792. The molecule has 5 nitrogen and oxygen atoms in total. The van der Waals surface area contributed by atoms with Gasteiger partial charge in [0.15, 0.2) is 0 Å². The number of rotatable bonds is 3. The van der Waals surface area contributed by atoms with E-state index in [0.717, 1.165) is 12.8 Å². The first kappa shape index (κ1) is 18.8. The molecule has 1 amide bonds. The van der Waals surface area contributed by atoms with Gasteiger partial charge in [0.2, 0.25) is 10.0 Å². The standard InChI is InChI=1S/C14H17Cl3N2O3S/c1-10-6-8-19(9-7-10)23(21,22)12-4-2-11(3-5-12)18-13(20)14(15,16)17/h2-5,10H,6-9H2,1H3,(H,18,20). The molecule has 1 aliphatic heterocycles. The molecule has 0 radical (unpaired) electrons. The Morgan fingerprint density at radius 1 is 1.17 bits per heavy atom. The first-order chi connectivity index (χ1) is 10.6. The Morgan fingerprint density at radius 2 is 1.70 bits per heavy atom. The first-order valence-corrected chi connectivity index (χ1v) is 9.66. The second-order valence-electron chi connectivity index (χ2n) is 5.56. The maximum Gasteiger partial charge on any atom is 0.276 e. The summed E-state index contributed by atoms with van der Waals surface area (Å²) in [6, 6.07) is 5.80. The number of alkyl halides is 3. The molecule has 1 aliphatic rings. The summed E-state index contributed by atoms with van der Waals surface area (Å²) in [7, 11) is -3.52. The normalized spacial score (nSPS) is 17.9. The van der Waals surface area contributed by atoms with Gasteiger partial charge in [0.05, 0.1) is 4.90 Å². The SMILES string of the molecule is CC1CCN(S(=O)(=O)c2ccc(NC(=O)C(Cl)(Cl)Cl)cc2)CC1. The molecule has 1 heterocycles. The van der Waals surface area contributed by atoms with Crippen LogP contribution in [0.3, 0.4) is 0 Å². The van der Waals surface area contributed by atoms with Crippen LogP contribution < -0.4 is 5.32 Å². The van der Waals surface area contributed by atoms with Crippen LogP contribution >= 0.6 is 34.8 Å². The minimum Gasteiger partial charge on any atom is -0.322 e. The van der Waals surface area contributed by atoms with Gasteiger partial charge in [-0.15, -0.1) is 0 Å². The van der Waals surface area contributed by atoms with Gasteiger partial charge in [-0.2, -0.15) is 4.31 Å². The topological polar surface area (TPSA) is 66.5 Å². The smallest absolute Gasteiger partial charge is 0.276 e. The van der Waals surface area contributed by atoms with E-state index in [1.54, 1.807) is 0 Å². The van der Waals surface area contributed by atoms with Gasteiger partial charge in [0.1, 0.15) is 0 Å². The summed E-state index contributed by atoms with van der Waals surface area (Å²) in [5.74, 6) is -0.260. The van der Waals surface area contributed by atoms with Crippen molar-refractivity contribution in [1.82, 2.24) is 4.31 Å². The number of anilines is 1. The highest BCUT2D eigenvalue weighted by atomic mass is 35.6. The Kier molecular flexibility index (Phi) is 5.85. The van der Waals surface area contributed by atoms with Crippen molar-refractivity contribution in [2.75, 3.05) is 18.4 Å². The van der Waals surface area contributed by atoms with Crippen LogP contribution in [0.2, 0.25) is 0 Å². The second-order valence-corrected chi connectivity index (χ2v) is 9.78. The van der Waals surface area contributed by atoms with Crippen LogP contribution in [0, 0.1) is 5.92 Å². The third-order valence-electron chi connectivity index (χ3n) is 3.75. The summed E-state index contributed by atoms with van der Waals surface area (Å²) < 4.78 is 24.5. The number of carbonyl (C=O) groups excluding carboxylic acids is 1. The Hall–Kier alpha value is -0.530. The van der Waals surface area contributed by atoms with E-state index >= 15 is 0 Å². The zero-order chi connectivity index (χ0) is 17.3. The zero-order valence-electron chi connectivity index (χ0n) is 12.4. The Bertz CT molecular complexity index is 664. The summed E-state index contributed by atoms with van der Waals surface area (Å²) in [4.78, 5) is 11.7. The van der Waals surface area contributed by atoms with E-state index in [4.69, 9.17) is 34.8 Å². The van der Waals surface area contributed by atoms with Gasteiger partial charge in [-0.25, -0.2) is 8.42 Å². The van der Waals surface area contributed by atoms with Gasteiger partial charge in [-0.3, -0.25) is 4.79 Å². The number of amides is 1. The van der Waals surface area contributed by atoms with Crippen molar-refractivity contribution in [3.8, 4) is 0 Å². The largest absolute Gasteiger partial charge is 0.322 e. The molecule has 0 aromatic heterocycles. The average molecular weight is 400 g/mol. The molecule has 1 N–H and O–H groups in total. The third kappa shape index (κ3) is 4.73. The minimum absolute atomic E-state index is 0.180. The molecular weight excluding hydrogens is 383 g/mol. The van der Waals surface area contributed by atoms with Crippen molar-refractivity contribution in [1.29, 1.82) is 0 Å².